The van der Waals surface area contributed by atoms with Gasteiger partial charge in [0.05, 0.1) is 20.8 Å². The lowest BCUT2D eigenvalue weighted by molar-refractivity contribution is -0.249. The van der Waals surface area contributed by atoms with Gasteiger partial charge in [0.15, 0.2) is 0 Å². The number of ether oxygens (including phenoxy) is 2. The summed E-state index contributed by atoms with van der Waals surface area (Å²) < 4.78 is 10.3. The van der Waals surface area contributed by atoms with Crippen molar-refractivity contribution in [2.24, 2.45) is 5.92 Å². The second kappa shape index (κ2) is 10.1. The van der Waals surface area contributed by atoms with Crippen molar-refractivity contribution in [2.75, 3.05) is 20.8 Å². The van der Waals surface area contributed by atoms with Gasteiger partial charge in [0.1, 0.15) is 17.1 Å². The summed E-state index contributed by atoms with van der Waals surface area (Å²) in [6.07, 6.45) is 4.38. The lowest BCUT2D eigenvalue weighted by Crippen LogP contribution is -2.13. The Labute approximate surface area is 132 Å². The van der Waals surface area contributed by atoms with E-state index in [1.807, 2.05) is 0 Å². The van der Waals surface area contributed by atoms with Crippen LogP contribution in [0.15, 0.2) is 18.2 Å². The number of rotatable bonds is 10. The molecule has 22 heavy (non-hydrogen) atoms. The van der Waals surface area contributed by atoms with Crippen LogP contribution in [0.1, 0.15) is 49.9 Å². The average molecular weight is 310 g/mol. The second-order valence-corrected chi connectivity index (χ2v) is 5.14. The Hall–Kier alpha value is -1.75. The summed E-state index contributed by atoms with van der Waals surface area (Å²) in [4.78, 5) is 22.1. The molecule has 1 aromatic carbocycles. The maximum absolute atomic E-state index is 12.1. The van der Waals surface area contributed by atoms with Crippen LogP contribution < -0.4 is 9.47 Å². The maximum Gasteiger partial charge on any atom is 0.376 e. The molecule has 0 fully saturated rings. The van der Waals surface area contributed by atoms with Gasteiger partial charge in [-0.05, 0) is 30.5 Å². The molecule has 0 N–H and O–H groups in total. The van der Waals surface area contributed by atoms with Crippen LogP contribution >= 0.6 is 0 Å². The molecule has 5 nitrogen and oxygen atoms in total. The van der Waals surface area contributed by atoms with Crippen molar-refractivity contribution in [1.82, 2.24) is 0 Å². The van der Waals surface area contributed by atoms with Crippen LogP contribution in [0.5, 0.6) is 11.5 Å². The van der Waals surface area contributed by atoms with Gasteiger partial charge < -0.3 is 9.47 Å². The Bertz CT molecular complexity index is 458. The van der Waals surface area contributed by atoms with Crippen molar-refractivity contribution in [1.29, 1.82) is 0 Å². The van der Waals surface area contributed by atoms with Crippen molar-refractivity contribution in [3.63, 3.8) is 0 Å². The van der Waals surface area contributed by atoms with Crippen LogP contribution in [0.2, 0.25) is 0 Å². The molecule has 124 valence electrons. The van der Waals surface area contributed by atoms with Crippen molar-refractivity contribution in [3.05, 3.63) is 23.8 Å². The van der Waals surface area contributed by atoms with Gasteiger partial charge in [0.2, 0.25) is 0 Å². The van der Waals surface area contributed by atoms with Crippen LogP contribution in [0.25, 0.3) is 0 Å². The third-order valence-electron chi connectivity index (χ3n) is 3.61. The second-order valence-electron chi connectivity index (χ2n) is 5.14. The van der Waals surface area contributed by atoms with E-state index in [9.17, 15) is 4.79 Å². The zero-order valence-corrected chi connectivity index (χ0v) is 13.9. The molecule has 0 spiro atoms. The normalized spacial score (nSPS) is 11.8. The summed E-state index contributed by atoms with van der Waals surface area (Å²) in [5.74, 6) is 0.801. The first-order valence-corrected chi connectivity index (χ1v) is 7.72. The highest BCUT2D eigenvalue weighted by Crippen LogP contribution is 2.25. The van der Waals surface area contributed by atoms with E-state index < -0.39 is 5.97 Å². The fourth-order valence-electron chi connectivity index (χ4n) is 2.10. The van der Waals surface area contributed by atoms with Gasteiger partial charge >= 0.3 is 5.97 Å². The summed E-state index contributed by atoms with van der Waals surface area (Å²) in [7, 11) is 3.03. The number of carbonyl (C=O) groups excluding carboxylic acids is 1. The summed E-state index contributed by atoms with van der Waals surface area (Å²) in [6, 6.07) is 4.94. The number of hydrogen-bond acceptors (Lipinski definition) is 5. The summed E-state index contributed by atoms with van der Waals surface area (Å²) in [5.41, 5.74) is 0.281. The van der Waals surface area contributed by atoms with Crippen molar-refractivity contribution >= 4 is 5.97 Å². The van der Waals surface area contributed by atoms with E-state index in [1.54, 1.807) is 18.2 Å². The highest BCUT2D eigenvalue weighted by Gasteiger charge is 2.17. The largest absolute Gasteiger partial charge is 0.497 e. The highest BCUT2D eigenvalue weighted by molar-refractivity contribution is 5.92. The van der Waals surface area contributed by atoms with E-state index in [-0.39, 0.29) is 5.56 Å². The van der Waals surface area contributed by atoms with Gasteiger partial charge in [-0.25, -0.2) is 4.79 Å². The molecule has 0 saturated carbocycles. The molecule has 0 aliphatic carbocycles. The fourth-order valence-corrected chi connectivity index (χ4v) is 2.10. The van der Waals surface area contributed by atoms with Crippen LogP contribution in [-0.2, 0) is 9.78 Å². The molecule has 1 rings (SSSR count). The highest BCUT2D eigenvalue weighted by atomic mass is 17.2. The number of unbranched alkanes of at least 4 members (excludes halogenated alkanes) is 1. The molecule has 0 heterocycles. The molecular formula is C17H26O5. The van der Waals surface area contributed by atoms with Crippen molar-refractivity contribution < 1.29 is 24.0 Å². The van der Waals surface area contributed by atoms with E-state index in [0.717, 1.165) is 25.7 Å². The Morgan fingerprint density at radius 3 is 2.55 bits per heavy atom. The first kappa shape index (κ1) is 18.3. The molecular weight excluding hydrogens is 284 g/mol. The first-order valence-electron chi connectivity index (χ1n) is 7.72. The number of benzene rings is 1. The predicted molar refractivity (Wildman–Crippen MR) is 84.2 cm³/mol. The molecule has 1 atom stereocenters. The van der Waals surface area contributed by atoms with Crippen molar-refractivity contribution in [2.45, 2.75) is 39.5 Å². The molecule has 0 aliphatic rings. The first-order chi connectivity index (χ1) is 10.7. The molecule has 0 amide bonds. The number of methoxy groups -OCH3 is 2. The van der Waals surface area contributed by atoms with E-state index in [4.69, 9.17) is 19.2 Å². The quantitative estimate of drug-likeness (QED) is 0.483. The van der Waals surface area contributed by atoms with E-state index in [0.29, 0.717) is 24.0 Å². The van der Waals surface area contributed by atoms with Gasteiger partial charge in [-0.2, -0.15) is 4.89 Å². The maximum atomic E-state index is 12.1. The Morgan fingerprint density at radius 1 is 1.18 bits per heavy atom. The minimum Gasteiger partial charge on any atom is -0.497 e. The third kappa shape index (κ3) is 5.56. The van der Waals surface area contributed by atoms with E-state index >= 15 is 0 Å². The van der Waals surface area contributed by atoms with Gasteiger partial charge in [-0.15, -0.1) is 0 Å². The SMILES string of the molecule is CCCCC(CC)COOC(=O)c1cc(OC)ccc1OC. The van der Waals surface area contributed by atoms with Gasteiger partial charge in [-0.3, -0.25) is 4.89 Å². The monoisotopic (exact) mass is 310 g/mol. The number of hydrogen-bond donors (Lipinski definition) is 0. The van der Waals surface area contributed by atoms with Crippen LogP contribution in [0, 0.1) is 5.92 Å². The number of carbonyl (C=O) groups is 1. The third-order valence-corrected chi connectivity index (χ3v) is 3.61. The average Bonchev–Trinajstić information content (AvgIpc) is 2.56. The van der Waals surface area contributed by atoms with Gasteiger partial charge in [0.25, 0.3) is 0 Å². The molecule has 0 saturated heterocycles. The Kier molecular flexibility index (Phi) is 8.36. The van der Waals surface area contributed by atoms with Gasteiger partial charge in [0, 0.05) is 0 Å². The smallest absolute Gasteiger partial charge is 0.376 e. The minimum atomic E-state index is -0.582. The minimum absolute atomic E-state index is 0.281. The standard InChI is InChI=1S/C17H26O5/c1-5-7-8-13(6-2)12-21-22-17(18)15-11-14(19-3)9-10-16(15)20-4/h9-11,13H,5-8,12H2,1-4H3. The Balaban J connectivity index is 2.57. The fraction of sp³-hybridized carbons (Fsp3) is 0.588. The zero-order chi connectivity index (χ0) is 16.4. The lowest BCUT2D eigenvalue weighted by Gasteiger charge is -2.14. The zero-order valence-electron chi connectivity index (χ0n) is 13.9. The lowest BCUT2D eigenvalue weighted by atomic mass is 10.0. The molecule has 0 bridgehead atoms. The van der Waals surface area contributed by atoms with E-state index in [1.165, 1.54) is 14.2 Å². The predicted octanol–water partition coefficient (Wildman–Crippen LogP) is 4.01. The molecule has 1 unspecified atom stereocenters. The summed E-state index contributed by atoms with van der Waals surface area (Å²) in [5, 5.41) is 0. The van der Waals surface area contributed by atoms with Crippen LogP contribution in [0.4, 0.5) is 0 Å². The summed E-state index contributed by atoms with van der Waals surface area (Å²) in [6.45, 7) is 4.67. The molecule has 1 aromatic rings. The molecule has 0 aliphatic heterocycles. The van der Waals surface area contributed by atoms with Crippen LogP contribution in [-0.4, -0.2) is 26.8 Å². The Morgan fingerprint density at radius 2 is 1.95 bits per heavy atom. The topological polar surface area (TPSA) is 54.0 Å². The van der Waals surface area contributed by atoms with E-state index in [2.05, 4.69) is 13.8 Å². The van der Waals surface area contributed by atoms with Gasteiger partial charge in [-0.1, -0.05) is 33.1 Å². The molecule has 0 aromatic heterocycles. The molecule has 0 radical (unpaired) electrons. The summed E-state index contributed by atoms with van der Waals surface area (Å²) >= 11 is 0. The molecule has 5 heteroatoms. The van der Waals surface area contributed by atoms with Crippen molar-refractivity contribution in [3.8, 4) is 11.5 Å². The van der Waals surface area contributed by atoms with Crippen LogP contribution in [0.3, 0.4) is 0 Å².